The van der Waals surface area contributed by atoms with Gasteiger partial charge in [0.1, 0.15) is 0 Å². The molecule has 0 atom stereocenters. The number of nitriles is 1. The molecule has 2 aromatic carbocycles. The number of methoxy groups -OCH3 is 1. The molecular weight excluding hydrogens is 290 g/mol. The lowest BCUT2D eigenvalue weighted by Crippen LogP contribution is -2.09. The molecule has 0 aliphatic rings. The second kappa shape index (κ2) is 6.29. The molecule has 0 radical (unpaired) electrons. The van der Waals surface area contributed by atoms with Gasteiger partial charge in [-0.1, -0.05) is 29.3 Å². The first kappa shape index (κ1) is 14.9. The normalized spacial score (nSPS) is 9.81. The average Bonchev–Trinajstić information content (AvgIpc) is 2.49. The Morgan fingerprint density at radius 2 is 1.90 bits per heavy atom. The standard InChI is InChI=1S/C16H12ClNO3/c1-10-3-5-12(6-4-10)16(19)21-15-13(17)7-11(9-18)8-14(15)20-2/h3-8H,1-2H3. The second-order valence-electron chi connectivity index (χ2n) is 4.36. The van der Waals surface area contributed by atoms with Crippen molar-refractivity contribution < 1.29 is 14.3 Å². The Morgan fingerprint density at radius 3 is 2.48 bits per heavy atom. The highest BCUT2D eigenvalue weighted by atomic mass is 35.5. The number of carbonyl (C=O) groups excluding carboxylic acids is 1. The fourth-order valence-electron chi connectivity index (χ4n) is 1.72. The predicted molar refractivity (Wildman–Crippen MR) is 78.9 cm³/mol. The fraction of sp³-hybridized carbons (Fsp3) is 0.125. The van der Waals surface area contributed by atoms with Gasteiger partial charge in [0.2, 0.25) is 0 Å². The first-order valence-corrected chi connectivity index (χ1v) is 6.49. The van der Waals surface area contributed by atoms with Crippen molar-refractivity contribution in [1.82, 2.24) is 0 Å². The number of nitrogens with zero attached hydrogens (tertiary/aromatic N) is 1. The molecule has 0 heterocycles. The van der Waals surface area contributed by atoms with Gasteiger partial charge < -0.3 is 9.47 Å². The molecular formula is C16H12ClNO3. The van der Waals surface area contributed by atoms with E-state index in [9.17, 15) is 4.79 Å². The number of halogens is 1. The predicted octanol–water partition coefficient (Wildman–Crippen LogP) is 3.75. The summed E-state index contributed by atoms with van der Waals surface area (Å²) in [6.45, 7) is 1.93. The van der Waals surface area contributed by atoms with Crippen LogP contribution in [0.2, 0.25) is 5.02 Å². The van der Waals surface area contributed by atoms with Gasteiger partial charge in [0.25, 0.3) is 0 Å². The van der Waals surface area contributed by atoms with E-state index in [0.29, 0.717) is 11.1 Å². The largest absolute Gasteiger partial charge is 0.493 e. The van der Waals surface area contributed by atoms with Crippen LogP contribution < -0.4 is 9.47 Å². The van der Waals surface area contributed by atoms with Crippen LogP contribution in [-0.2, 0) is 0 Å². The van der Waals surface area contributed by atoms with Crippen LogP contribution in [0.15, 0.2) is 36.4 Å². The molecule has 0 spiro atoms. The Hall–Kier alpha value is -2.51. The summed E-state index contributed by atoms with van der Waals surface area (Å²) in [6.07, 6.45) is 0. The van der Waals surface area contributed by atoms with Crippen LogP contribution in [0.25, 0.3) is 0 Å². The maximum absolute atomic E-state index is 12.1. The number of rotatable bonds is 3. The van der Waals surface area contributed by atoms with Crippen LogP contribution in [0.5, 0.6) is 11.5 Å². The van der Waals surface area contributed by atoms with Crippen molar-refractivity contribution >= 4 is 17.6 Å². The highest BCUT2D eigenvalue weighted by Gasteiger charge is 2.17. The maximum Gasteiger partial charge on any atom is 0.343 e. The molecule has 5 heteroatoms. The van der Waals surface area contributed by atoms with Crippen molar-refractivity contribution in [1.29, 1.82) is 5.26 Å². The Morgan fingerprint density at radius 1 is 1.24 bits per heavy atom. The summed E-state index contributed by atoms with van der Waals surface area (Å²) in [6, 6.07) is 11.8. The number of ether oxygens (including phenoxy) is 2. The van der Waals surface area contributed by atoms with E-state index in [2.05, 4.69) is 0 Å². The topological polar surface area (TPSA) is 59.3 Å². The van der Waals surface area contributed by atoms with Gasteiger partial charge >= 0.3 is 5.97 Å². The zero-order valence-electron chi connectivity index (χ0n) is 11.5. The number of hydrogen-bond donors (Lipinski definition) is 0. The van der Waals surface area contributed by atoms with Gasteiger partial charge in [0.05, 0.1) is 29.3 Å². The molecule has 4 nitrogen and oxygen atoms in total. The van der Waals surface area contributed by atoms with Gasteiger partial charge in [0, 0.05) is 6.07 Å². The molecule has 106 valence electrons. The van der Waals surface area contributed by atoms with E-state index in [1.807, 2.05) is 25.1 Å². The van der Waals surface area contributed by atoms with Gasteiger partial charge in [-0.25, -0.2) is 4.79 Å². The van der Waals surface area contributed by atoms with Crippen LogP contribution in [0.3, 0.4) is 0 Å². The van der Waals surface area contributed by atoms with Crippen molar-refractivity contribution in [2.24, 2.45) is 0 Å². The van der Waals surface area contributed by atoms with Gasteiger partial charge in [0.15, 0.2) is 11.5 Å². The Bertz CT molecular complexity index is 718. The molecule has 0 bridgehead atoms. The summed E-state index contributed by atoms with van der Waals surface area (Å²) in [7, 11) is 1.41. The lowest BCUT2D eigenvalue weighted by Gasteiger charge is -2.11. The summed E-state index contributed by atoms with van der Waals surface area (Å²) >= 11 is 6.04. The molecule has 0 saturated heterocycles. The van der Waals surface area contributed by atoms with Crippen molar-refractivity contribution in [2.45, 2.75) is 6.92 Å². The van der Waals surface area contributed by atoms with Crippen LogP contribution in [0.1, 0.15) is 21.5 Å². The Labute approximate surface area is 127 Å². The van der Waals surface area contributed by atoms with E-state index in [1.165, 1.54) is 19.2 Å². The first-order valence-electron chi connectivity index (χ1n) is 6.11. The van der Waals surface area contributed by atoms with E-state index in [1.54, 1.807) is 12.1 Å². The Kier molecular flexibility index (Phi) is 4.46. The molecule has 2 aromatic rings. The van der Waals surface area contributed by atoms with E-state index >= 15 is 0 Å². The zero-order valence-corrected chi connectivity index (χ0v) is 12.3. The van der Waals surface area contributed by atoms with Gasteiger partial charge in [-0.3, -0.25) is 0 Å². The van der Waals surface area contributed by atoms with Crippen molar-refractivity contribution in [3.05, 3.63) is 58.1 Å². The SMILES string of the molecule is COc1cc(C#N)cc(Cl)c1OC(=O)c1ccc(C)cc1. The minimum atomic E-state index is -0.542. The van der Waals surface area contributed by atoms with Crippen LogP contribution in [0, 0.1) is 18.3 Å². The quantitative estimate of drug-likeness (QED) is 0.640. The fourth-order valence-corrected chi connectivity index (χ4v) is 1.97. The van der Waals surface area contributed by atoms with Gasteiger partial charge in [-0.05, 0) is 25.1 Å². The molecule has 21 heavy (non-hydrogen) atoms. The number of benzene rings is 2. The van der Waals surface area contributed by atoms with Gasteiger partial charge in [-0.2, -0.15) is 5.26 Å². The zero-order chi connectivity index (χ0) is 15.4. The third kappa shape index (κ3) is 3.33. The first-order chi connectivity index (χ1) is 10.0. The molecule has 0 N–H and O–H groups in total. The van der Waals surface area contributed by atoms with E-state index in [-0.39, 0.29) is 16.5 Å². The number of carbonyl (C=O) groups is 1. The number of aryl methyl sites for hydroxylation is 1. The van der Waals surface area contributed by atoms with Crippen molar-refractivity contribution in [2.75, 3.05) is 7.11 Å². The molecule has 2 rings (SSSR count). The minimum absolute atomic E-state index is 0.101. The third-order valence-corrected chi connectivity index (χ3v) is 3.12. The molecule has 0 aromatic heterocycles. The second-order valence-corrected chi connectivity index (χ2v) is 4.76. The summed E-state index contributed by atoms with van der Waals surface area (Å²) < 4.78 is 10.4. The smallest absolute Gasteiger partial charge is 0.343 e. The molecule has 0 aliphatic heterocycles. The monoisotopic (exact) mass is 301 g/mol. The van der Waals surface area contributed by atoms with Crippen LogP contribution >= 0.6 is 11.6 Å². The van der Waals surface area contributed by atoms with Crippen LogP contribution in [0.4, 0.5) is 0 Å². The summed E-state index contributed by atoms with van der Waals surface area (Å²) in [5, 5.41) is 9.03. The lowest BCUT2D eigenvalue weighted by atomic mass is 10.1. The molecule has 0 unspecified atom stereocenters. The maximum atomic E-state index is 12.1. The summed E-state index contributed by atoms with van der Waals surface area (Å²) in [5.74, 6) is -0.205. The van der Waals surface area contributed by atoms with Crippen molar-refractivity contribution in [3.63, 3.8) is 0 Å². The molecule has 0 saturated carbocycles. The summed E-state index contributed by atoms with van der Waals surface area (Å²) in [5.41, 5.74) is 1.77. The van der Waals surface area contributed by atoms with Crippen LogP contribution in [-0.4, -0.2) is 13.1 Å². The van der Waals surface area contributed by atoms with Gasteiger partial charge in [-0.15, -0.1) is 0 Å². The number of hydrogen-bond acceptors (Lipinski definition) is 4. The number of esters is 1. The highest BCUT2D eigenvalue weighted by Crippen LogP contribution is 2.36. The van der Waals surface area contributed by atoms with E-state index in [4.69, 9.17) is 26.3 Å². The molecule has 0 fully saturated rings. The lowest BCUT2D eigenvalue weighted by molar-refractivity contribution is 0.0730. The average molecular weight is 302 g/mol. The third-order valence-electron chi connectivity index (χ3n) is 2.84. The molecule has 0 amide bonds. The Balaban J connectivity index is 2.33. The highest BCUT2D eigenvalue weighted by molar-refractivity contribution is 6.32. The minimum Gasteiger partial charge on any atom is -0.493 e. The molecule has 0 aliphatic carbocycles. The van der Waals surface area contributed by atoms with E-state index in [0.717, 1.165) is 5.56 Å². The van der Waals surface area contributed by atoms with E-state index < -0.39 is 5.97 Å². The summed E-state index contributed by atoms with van der Waals surface area (Å²) in [4.78, 5) is 12.1. The van der Waals surface area contributed by atoms with Crippen molar-refractivity contribution in [3.8, 4) is 17.6 Å².